The van der Waals surface area contributed by atoms with Crippen LogP contribution in [0.2, 0.25) is 5.02 Å². The molecule has 0 bridgehead atoms. The molecule has 0 atom stereocenters. The summed E-state index contributed by atoms with van der Waals surface area (Å²) in [5, 5.41) is 0.704. The van der Waals surface area contributed by atoms with Crippen molar-refractivity contribution in [2.45, 2.75) is 0 Å². The molecule has 2 rings (SSSR count). The van der Waals surface area contributed by atoms with Gasteiger partial charge >= 0.3 is 0 Å². The van der Waals surface area contributed by atoms with Gasteiger partial charge in [-0.3, -0.25) is 0 Å². The number of ether oxygens (including phenoxy) is 2. The van der Waals surface area contributed by atoms with Crippen molar-refractivity contribution in [3.05, 3.63) is 47.5 Å². The molecule has 2 N–H and O–H groups in total. The Bertz CT molecular complexity index is 558. The summed E-state index contributed by atoms with van der Waals surface area (Å²) >= 11 is 6.16. The fourth-order valence-electron chi connectivity index (χ4n) is 1.78. The largest absolute Gasteiger partial charge is 0.489 e. The van der Waals surface area contributed by atoms with Crippen LogP contribution in [-0.4, -0.2) is 20.3 Å². The van der Waals surface area contributed by atoms with Gasteiger partial charge in [-0.05, 0) is 23.8 Å². The minimum atomic E-state index is 0.478. The van der Waals surface area contributed by atoms with Gasteiger partial charge in [0.05, 0.1) is 12.3 Å². The topological polar surface area (TPSA) is 44.5 Å². The van der Waals surface area contributed by atoms with E-state index in [2.05, 4.69) is 0 Å². The highest BCUT2D eigenvalue weighted by atomic mass is 35.5. The van der Waals surface area contributed by atoms with Crippen LogP contribution in [0.3, 0.4) is 0 Å². The fraction of sp³-hybridized carbons (Fsp3) is 0.200. The molecule has 0 aliphatic heterocycles. The summed E-state index contributed by atoms with van der Waals surface area (Å²) in [6.07, 6.45) is 0. The van der Waals surface area contributed by atoms with E-state index in [-0.39, 0.29) is 0 Å². The van der Waals surface area contributed by atoms with E-state index >= 15 is 0 Å². The van der Waals surface area contributed by atoms with Gasteiger partial charge in [0.15, 0.2) is 0 Å². The Morgan fingerprint density at radius 3 is 2.58 bits per heavy atom. The first-order chi connectivity index (χ1) is 9.22. The number of rotatable bonds is 5. The van der Waals surface area contributed by atoms with Gasteiger partial charge in [-0.25, -0.2) is 0 Å². The summed E-state index contributed by atoms with van der Waals surface area (Å²) < 4.78 is 10.4. The molecule has 2 aromatic carbocycles. The van der Waals surface area contributed by atoms with Crippen molar-refractivity contribution in [2.24, 2.45) is 0 Å². The second-order valence-electron chi connectivity index (χ2n) is 4.07. The van der Waals surface area contributed by atoms with Crippen LogP contribution in [0.1, 0.15) is 0 Å². The predicted molar refractivity (Wildman–Crippen MR) is 78.7 cm³/mol. The molecule has 0 fully saturated rings. The van der Waals surface area contributed by atoms with Gasteiger partial charge in [0.2, 0.25) is 0 Å². The third-order valence-electron chi connectivity index (χ3n) is 2.74. The summed E-state index contributed by atoms with van der Waals surface area (Å²) in [6.45, 7) is 1.01. The van der Waals surface area contributed by atoms with Crippen molar-refractivity contribution in [3.63, 3.8) is 0 Å². The Labute approximate surface area is 117 Å². The summed E-state index contributed by atoms with van der Waals surface area (Å²) in [5.41, 5.74) is 8.51. The molecule has 4 heteroatoms. The van der Waals surface area contributed by atoms with Gasteiger partial charge in [0, 0.05) is 17.7 Å². The maximum atomic E-state index is 6.16. The Morgan fingerprint density at radius 2 is 1.89 bits per heavy atom. The summed E-state index contributed by atoms with van der Waals surface area (Å²) in [5.74, 6) is 0.660. The Kier molecular flexibility index (Phi) is 4.66. The number of halogens is 1. The average molecular weight is 278 g/mol. The van der Waals surface area contributed by atoms with Gasteiger partial charge in [-0.2, -0.15) is 0 Å². The van der Waals surface area contributed by atoms with E-state index in [1.807, 2.05) is 42.5 Å². The second-order valence-corrected chi connectivity index (χ2v) is 4.48. The number of nitrogens with two attached hydrogens (primary N) is 1. The molecule has 19 heavy (non-hydrogen) atoms. The molecule has 0 radical (unpaired) electrons. The van der Waals surface area contributed by atoms with Crippen molar-refractivity contribution < 1.29 is 9.47 Å². The lowest BCUT2D eigenvalue weighted by atomic mass is 10.0. The van der Waals surface area contributed by atoms with Crippen LogP contribution >= 0.6 is 11.6 Å². The number of benzene rings is 2. The van der Waals surface area contributed by atoms with Crippen molar-refractivity contribution >= 4 is 17.3 Å². The molecule has 100 valence electrons. The molecule has 0 saturated heterocycles. The number of anilines is 1. The zero-order valence-corrected chi connectivity index (χ0v) is 11.5. The summed E-state index contributed by atoms with van der Waals surface area (Å²) in [7, 11) is 1.63. The molecule has 0 saturated carbocycles. The zero-order valence-electron chi connectivity index (χ0n) is 10.7. The van der Waals surface area contributed by atoms with Crippen LogP contribution in [0.25, 0.3) is 11.1 Å². The monoisotopic (exact) mass is 277 g/mol. The van der Waals surface area contributed by atoms with Gasteiger partial charge in [0.1, 0.15) is 12.4 Å². The molecule has 0 aliphatic carbocycles. The van der Waals surface area contributed by atoms with Crippen LogP contribution in [0, 0.1) is 0 Å². The molecule has 2 aromatic rings. The first kappa shape index (κ1) is 13.7. The van der Waals surface area contributed by atoms with Crippen molar-refractivity contribution in [3.8, 4) is 16.9 Å². The van der Waals surface area contributed by atoms with E-state index < -0.39 is 0 Å². The van der Waals surface area contributed by atoms with Crippen molar-refractivity contribution in [1.29, 1.82) is 0 Å². The molecular weight excluding hydrogens is 262 g/mol. The fourth-order valence-corrected chi connectivity index (χ4v) is 2.02. The summed E-state index contributed by atoms with van der Waals surface area (Å²) in [4.78, 5) is 0. The molecular formula is C15H16ClNO2. The van der Waals surface area contributed by atoms with Crippen LogP contribution in [0.4, 0.5) is 5.69 Å². The maximum Gasteiger partial charge on any atom is 0.142 e. The molecule has 3 nitrogen and oxygen atoms in total. The van der Waals surface area contributed by atoms with E-state index in [0.717, 1.165) is 11.1 Å². The molecule has 0 heterocycles. The van der Waals surface area contributed by atoms with Crippen LogP contribution in [-0.2, 0) is 4.74 Å². The van der Waals surface area contributed by atoms with E-state index in [9.17, 15) is 0 Å². The molecule has 0 aromatic heterocycles. The molecule has 0 spiro atoms. The standard InChI is InChI=1S/C15H16ClNO2/c1-18-8-9-19-15-7-6-11(10-14(15)17)12-4-2-3-5-13(12)16/h2-7,10H,8-9,17H2,1H3. The highest BCUT2D eigenvalue weighted by Gasteiger charge is 2.06. The normalized spacial score (nSPS) is 10.4. The van der Waals surface area contributed by atoms with Crippen molar-refractivity contribution in [1.82, 2.24) is 0 Å². The van der Waals surface area contributed by atoms with Gasteiger partial charge < -0.3 is 15.2 Å². The van der Waals surface area contributed by atoms with Gasteiger partial charge in [0.25, 0.3) is 0 Å². The van der Waals surface area contributed by atoms with E-state index in [1.165, 1.54) is 0 Å². The first-order valence-electron chi connectivity index (χ1n) is 5.98. The van der Waals surface area contributed by atoms with Crippen LogP contribution < -0.4 is 10.5 Å². The number of nitrogen functional groups attached to an aromatic ring is 1. The minimum absolute atomic E-state index is 0.478. The first-order valence-corrected chi connectivity index (χ1v) is 6.36. The average Bonchev–Trinajstić information content (AvgIpc) is 2.41. The third kappa shape index (κ3) is 3.40. The SMILES string of the molecule is COCCOc1ccc(-c2ccccc2Cl)cc1N. The Hall–Kier alpha value is -1.71. The lowest BCUT2D eigenvalue weighted by Crippen LogP contribution is -2.05. The Balaban J connectivity index is 2.21. The van der Waals surface area contributed by atoms with Crippen LogP contribution in [0.15, 0.2) is 42.5 Å². The maximum absolute atomic E-state index is 6.16. The highest BCUT2D eigenvalue weighted by Crippen LogP contribution is 2.32. The number of methoxy groups -OCH3 is 1. The molecule has 0 unspecified atom stereocenters. The quantitative estimate of drug-likeness (QED) is 0.671. The Morgan fingerprint density at radius 1 is 1.11 bits per heavy atom. The van der Waals surface area contributed by atoms with E-state index in [0.29, 0.717) is 29.7 Å². The van der Waals surface area contributed by atoms with E-state index in [4.69, 9.17) is 26.8 Å². The zero-order chi connectivity index (χ0) is 13.7. The molecule has 0 amide bonds. The molecule has 0 aliphatic rings. The van der Waals surface area contributed by atoms with Crippen LogP contribution in [0.5, 0.6) is 5.75 Å². The second kappa shape index (κ2) is 6.45. The summed E-state index contributed by atoms with van der Waals surface area (Å²) in [6, 6.07) is 13.3. The van der Waals surface area contributed by atoms with Gasteiger partial charge in [-0.15, -0.1) is 0 Å². The smallest absolute Gasteiger partial charge is 0.142 e. The lowest BCUT2D eigenvalue weighted by molar-refractivity contribution is 0.147. The predicted octanol–water partition coefficient (Wildman–Crippen LogP) is 3.61. The number of hydrogen-bond acceptors (Lipinski definition) is 3. The lowest BCUT2D eigenvalue weighted by Gasteiger charge is -2.11. The van der Waals surface area contributed by atoms with Gasteiger partial charge in [-0.1, -0.05) is 35.9 Å². The van der Waals surface area contributed by atoms with E-state index in [1.54, 1.807) is 7.11 Å². The highest BCUT2D eigenvalue weighted by molar-refractivity contribution is 6.33. The third-order valence-corrected chi connectivity index (χ3v) is 3.07. The van der Waals surface area contributed by atoms with Crippen molar-refractivity contribution in [2.75, 3.05) is 26.1 Å². The number of hydrogen-bond donors (Lipinski definition) is 1. The minimum Gasteiger partial charge on any atom is -0.489 e.